The van der Waals surface area contributed by atoms with Crippen LogP contribution in [0.25, 0.3) is 0 Å². The minimum Gasteiger partial charge on any atom is -0.496 e. The number of carbonyl (C=O) groups is 2. The summed E-state index contributed by atoms with van der Waals surface area (Å²) in [4.78, 5) is 23.1. The molecule has 2 rings (SSSR count). The molecule has 0 saturated carbocycles. The second-order valence-corrected chi connectivity index (χ2v) is 4.24. The molecule has 3 N–H and O–H groups in total. The number of halogens is 1. The monoisotopic (exact) mass is 288 g/mol. The summed E-state index contributed by atoms with van der Waals surface area (Å²) < 4.78 is 18.3. The summed E-state index contributed by atoms with van der Waals surface area (Å²) in [5.74, 6) is -1.34. The number of carbonyl (C=O) groups excluding carboxylic acids is 2. The molecule has 0 spiro atoms. The molecule has 0 aliphatic rings. The van der Waals surface area contributed by atoms with Crippen LogP contribution in [-0.4, -0.2) is 18.9 Å². The number of anilines is 1. The van der Waals surface area contributed by atoms with E-state index in [0.717, 1.165) is 6.07 Å². The zero-order valence-corrected chi connectivity index (χ0v) is 11.2. The van der Waals surface area contributed by atoms with Crippen LogP contribution in [0.2, 0.25) is 0 Å². The standard InChI is InChI=1S/C15H13FN2O3/c1-21-13-7-4-10(16)8-12(13)15(20)18-11-5-2-9(3-6-11)14(17)19/h2-8H,1H3,(H2,17,19)(H,18,20). The molecule has 0 unspecified atom stereocenters. The maximum Gasteiger partial charge on any atom is 0.259 e. The summed E-state index contributed by atoms with van der Waals surface area (Å²) in [5.41, 5.74) is 5.99. The van der Waals surface area contributed by atoms with Gasteiger partial charge in [-0.15, -0.1) is 0 Å². The highest BCUT2D eigenvalue weighted by atomic mass is 19.1. The lowest BCUT2D eigenvalue weighted by molar-refractivity contribution is 0.0998. The van der Waals surface area contributed by atoms with Gasteiger partial charge < -0.3 is 15.8 Å². The largest absolute Gasteiger partial charge is 0.496 e. The Bertz CT molecular complexity index is 684. The molecule has 0 bridgehead atoms. The summed E-state index contributed by atoms with van der Waals surface area (Å²) in [6.45, 7) is 0. The summed E-state index contributed by atoms with van der Waals surface area (Å²) in [7, 11) is 1.39. The molecule has 0 fully saturated rings. The number of benzene rings is 2. The number of nitrogens with two attached hydrogens (primary N) is 1. The van der Waals surface area contributed by atoms with E-state index in [1.54, 1.807) is 0 Å². The van der Waals surface area contributed by atoms with Crippen molar-refractivity contribution in [2.75, 3.05) is 12.4 Å². The topological polar surface area (TPSA) is 81.4 Å². The Balaban J connectivity index is 2.21. The van der Waals surface area contributed by atoms with Crippen LogP contribution in [0.4, 0.5) is 10.1 Å². The second-order valence-electron chi connectivity index (χ2n) is 4.24. The van der Waals surface area contributed by atoms with Crippen LogP contribution in [0.1, 0.15) is 20.7 Å². The van der Waals surface area contributed by atoms with Gasteiger partial charge in [0.25, 0.3) is 5.91 Å². The highest BCUT2D eigenvalue weighted by molar-refractivity contribution is 6.06. The van der Waals surface area contributed by atoms with E-state index in [9.17, 15) is 14.0 Å². The Kier molecular flexibility index (Phi) is 4.18. The number of primary amides is 1. The fraction of sp³-hybridized carbons (Fsp3) is 0.0667. The molecule has 0 aliphatic carbocycles. The molecule has 6 heteroatoms. The molecule has 2 aromatic carbocycles. The molecule has 0 atom stereocenters. The molecule has 108 valence electrons. The number of hydrogen-bond acceptors (Lipinski definition) is 3. The van der Waals surface area contributed by atoms with E-state index < -0.39 is 17.6 Å². The van der Waals surface area contributed by atoms with Crippen LogP contribution in [0.5, 0.6) is 5.75 Å². The van der Waals surface area contributed by atoms with Crippen molar-refractivity contribution >= 4 is 17.5 Å². The lowest BCUT2D eigenvalue weighted by atomic mass is 10.1. The van der Waals surface area contributed by atoms with Crippen molar-refractivity contribution in [1.82, 2.24) is 0 Å². The van der Waals surface area contributed by atoms with Gasteiger partial charge in [-0.2, -0.15) is 0 Å². The van der Waals surface area contributed by atoms with Crippen molar-refractivity contribution < 1.29 is 18.7 Å². The lowest BCUT2D eigenvalue weighted by Gasteiger charge is -2.09. The van der Waals surface area contributed by atoms with Gasteiger partial charge in [0.05, 0.1) is 12.7 Å². The Morgan fingerprint density at radius 1 is 1.14 bits per heavy atom. The molecule has 0 heterocycles. The second kappa shape index (κ2) is 6.04. The van der Waals surface area contributed by atoms with Gasteiger partial charge >= 0.3 is 0 Å². The van der Waals surface area contributed by atoms with E-state index in [1.807, 2.05) is 0 Å². The quantitative estimate of drug-likeness (QED) is 0.904. The van der Waals surface area contributed by atoms with Gasteiger partial charge in [0, 0.05) is 11.3 Å². The number of nitrogens with one attached hydrogen (secondary N) is 1. The van der Waals surface area contributed by atoms with E-state index in [0.29, 0.717) is 11.3 Å². The molecular formula is C15H13FN2O3. The molecule has 5 nitrogen and oxygen atoms in total. The minimum atomic E-state index is -0.556. The van der Waals surface area contributed by atoms with Crippen molar-refractivity contribution in [1.29, 1.82) is 0 Å². The molecule has 0 aromatic heterocycles. The molecule has 0 saturated heterocycles. The maximum atomic E-state index is 13.2. The van der Waals surface area contributed by atoms with Crippen LogP contribution < -0.4 is 15.8 Å². The third kappa shape index (κ3) is 3.36. The average Bonchev–Trinajstić information content (AvgIpc) is 2.47. The van der Waals surface area contributed by atoms with Gasteiger partial charge in [0.2, 0.25) is 5.91 Å². The highest BCUT2D eigenvalue weighted by Crippen LogP contribution is 2.21. The Hall–Kier alpha value is -2.89. The van der Waals surface area contributed by atoms with Crippen molar-refractivity contribution in [2.24, 2.45) is 5.73 Å². The predicted octanol–water partition coefficient (Wildman–Crippen LogP) is 2.19. The van der Waals surface area contributed by atoms with Crippen LogP contribution in [-0.2, 0) is 0 Å². The summed E-state index contributed by atoms with van der Waals surface area (Å²) in [6, 6.07) is 9.71. The van der Waals surface area contributed by atoms with E-state index in [-0.39, 0.29) is 11.3 Å². The minimum absolute atomic E-state index is 0.0801. The Morgan fingerprint density at radius 3 is 2.38 bits per heavy atom. The van der Waals surface area contributed by atoms with Crippen LogP contribution in [0, 0.1) is 5.82 Å². The van der Waals surface area contributed by atoms with E-state index in [4.69, 9.17) is 10.5 Å². The summed E-state index contributed by atoms with van der Waals surface area (Å²) in [6.07, 6.45) is 0. The SMILES string of the molecule is COc1ccc(F)cc1C(=O)Nc1ccc(C(N)=O)cc1. The number of ether oxygens (including phenoxy) is 1. The predicted molar refractivity (Wildman–Crippen MR) is 75.9 cm³/mol. The normalized spacial score (nSPS) is 10.0. The smallest absolute Gasteiger partial charge is 0.259 e. The maximum absolute atomic E-state index is 13.2. The van der Waals surface area contributed by atoms with Gasteiger partial charge in [-0.1, -0.05) is 0 Å². The molecule has 0 aliphatic heterocycles. The van der Waals surface area contributed by atoms with Gasteiger partial charge in [0.1, 0.15) is 11.6 Å². The lowest BCUT2D eigenvalue weighted by Crippen LogP contribution is -2.14. The van der Waals surface area contributed by atoms with E-state index in [2.05, 4.69) is 5.32 Å². The number of amides is 2. The van der Waals surface area contributed by atoms with Gasteiger partial charge in [-0.05, 0) is 42.5 Å². The Morgan fingerprint density at radius 2 is 1.81 bits per heavy atom. The average molecular weight is 288 g/mol. The molecule has 2 aromatic rings. The van der Waals surface area contributed by atoms with Crippen molar-refractivity contribution in [3.63, 3.8) is 0 Å². The fourth-order valence-electron chi connectivity index (χ4n) is 1.77. The number of rotatable bonds is 4. The first kappa shape index (κ1) is 14.5. The van der Waals surface area contributed by atoms with Crippen molar-refractivity contribution in [3.05, 3.63) is 59.4 Å². The first-order chi connectivity index (χ1) is 10.0. The zero-order chi connectivity index (χ0) is 15.4. The van der Waals surface area contributed by atoms with Crippen LogP contribution in [0.3, 0.4) is 0 Å². The third-order valence-electron chi connectivity index (χ3n) is 2.83. The first-order valence-corrected chi connectivity index (χ1v) is 6.06. The molecule has 2 amide bonds. The number of hydrogen-bond donors (Lipinski definition) is 2. The fourth-order valence-corrected chi connectivity index (χ4v) is 1.77. The first-order valence-electron chi connectivity index (χ1n) is 6.06. The Labute approximate surface area is 120 Å². The van der Waals surface area contributed by atoms with Crippen molar-refractivity contribution in [3.8, 4) is 5.75 Å². The molecule has 21 heavy (non-hydrogen) atoms. The van der Waals surface area contributed by atoms with Gasteiger partial charge in [0.15, 0.2) is 0 Å². The van der Waals surface area contributed by atoms with Crippen LogP contribution in [0.15, 0.2) is 42.5 Å². The number of methoxy groups -OCH3 is 1. The summed E-state index contributed by atoms with van der Waals surface area (Å²) in [5, 5.41) is 2.59. The molecular weight excluding hydrogens is 275 g/mol. The van der Waals surface area contributed by atoms with E-state index >= 15 is 0 Å². The van der Waals surface area contributed by atoms with Crippen LogP contribution >= 0.6 is 0 Å². The van der Waals surface area contributed by atoms with Gasteiger partial charge in [-0.25, -0.2) is 4.39 Å². The molecule has 0 radical (unpaired) electrons. The summed E-state index contributed by atoms with van der Waals surface area (Å²) >= 11 is 0. The van der Waals surface area contributed by atoms with E-state index in [1.165, 1.54) is 43.5 Å². The van der Waals surface area contributed by atoms with Gasteiger partial charge in [-0.3, -0.25) is 9.59 Å². The highest BCUT2D eigenvalue weighted by Gasteiger charge is 2.13. The zero-order valence-electron chi connectivity index (χ0n) is 11.2. The third-order valence-corrected chi connectivity index (χ3v) is 2.83. The van der Waals surface area contributed by atoms with Crippen molar-refractivity contribution in [2.45, 2.75) is 0 Å².